The van der Waals surface area contributed by atoms with E-state index < -0.39 is 0 Å². The molecule has 0 radical (unpaired) electrons. The molecule has 8 nitrogen and oxygen atoms in total. The fourth-order valence-electron chi connectivity index (χ4n) is 1.36. The van der Waals surface area contributed by atoms with Crippen LogP contribution in [0.15, 0.2) is 23.0 Å². The average Bonchev–Trinajstić information content (AvgIpc) is 2.81. The average molecular weight is 248 g/mol. The summed E-state index contributed by atoms with van der Waals surface area (Å²) >= 11 is 0. The first-order chi connectivity index (χ1) is 8.70. The van der Waals surface area contributed by atoms with E-state index in [1.54, 1.807) is 13.0 Å². The number of carbonyl (C=O) groups is 1. The van der Waals surface area contributed by atoms with E-state index in [0.717, 1.165) is 0 Å². The molecule has 0 aliphatic carbocycles. The highest BCUT2D eigenvalue weighted by atomic mass is 16.5. The van der Waals surface area contributed by atoms with Gasteiger partial charge in [-0.15, -0.1) is 0 Å². The molecule has 4 N–H and O–H groups in total. The zero-order valence-electron chi connectivity index (χ0n) is 9.67. The number of amides is 1. The topological polar surface area (TPSA) is 119 Å². The van der Waals surface area contributed by atoms with Crippen molar-refractivity contribution < 1.29 is 9.32 Å². The third kappa shape index (κ3) is 2.61. The van der Waals surface area contributed by atoms with Gasteiger partial charge in [0.05, 0.1) is 17.8 Å². The lowest BCUT2D eigenvalue weighted by molar-refractivity contribution is 0.0946. The molecule has 94 valence electrons. The summed E-state index contributed by atoms with van der Waals surface area (Å²) in [5, 5.41) is 6.25. The standard InChI is InChI=1S/C10H12N6O2/c1-6-14-9(18-16-6)5-13-10(17)7-4-12-3-2-8(7)15-11/h2-4H,5,11H2,1H3,(H,12,15)(H,13,17). The Labute approximate surface area is 103 Å². The molecule has 0 unspecified atom stereocenters. The fraction of sp³-hybridized carbons (Fsp3) is 0.200. The third-order valence-corrected chi connectivity index (χ3v) is 2.19. The van der Waals surface area contributed by atoms with E-state index in [0.29, 0.717) is 23.0 Å². The van der Waals surface area contributed by atoms with Crippen molar-refractivity contribution in [3.63, 3.8) is 0 Å². The summed E-state index contributed by atoms with van der Waals surface area (Å²) in [4.78, 5) is 19.7. The van der Waals surface area contributed by atoms with Gasteiger partial charge in [0.1, 0.15) is 0 Å². The second-order valence-corrected chi connectivity index (χ2v) is 3.48. The maximum Gasteiger partial charge on any atom is 0.255 e. The van der Waals surface area contributed by atoms with Gasteiger partial charge in [-0.2, -0.15) is 4.98 Å². The van der Waals surface area contributed by atoms with E-state index >= 15 is 0 Å². The van der Waals surface area contributed by atoms with E-state index in [2.05, 4.69) is 25.9 Å². The Morgan fingerprint density at radius 3 is 3.06 bits per heavy atom. The number of hydrogen-bond acceptors (Lipinski definition) is 7. The Morgan fingerprint density at radius 2 is 2.39 bits per heavy atom. The van der Waals surface area contributed by atoms with Gasteiger partial charge in [0.25, 0.3) is 5.91 Å². The molecule has 0 bridgehead atoms. The van der Waals surface area contributed by atoms with Gasteiger partial charge in [-0.3, -0.25) is 15.6 Å². The maximum atomic E-state index is 11.9. The van der Waals surface area contributed by atoms with Crippen LogP contribution >= 0.6 is 0 Å². The van der Waals surface area contributed by atoms with Crippen LogP contribution < -0.4 is 16.6 Å². The smallest absolute Gasteiger partial charge is 0.255 e. The van der Waals surface area contributed by atoms with Crippen molar-refractivity contribution in [2.24, 2.45) is 5.84 Å². The second-order valence-electron chi connectivity index (χ2n) is 3.48. The van der Waals surface area contributed by atoms with Gasteiger partial charge in [-0.25, -0.2) is 0 Å². The molecule has 0 spiro atoms. The first-order valence-electron chi connectivity index (χ1n) is 5.18. The Morgan fingerprint density at radius 1 is 1.56 bits per heavy atom. The quantitative estimate of drug-likeness (QED) is 0.514. The van der Waals surface area contributed by atoms with Gasteiger partial charge in [0.2, 0.25) is 5.89 Å². The summed E-state index contributed by atoms with van der Waals surface area (Å²) < 4.78 is 4.88. The van der Waals surface area contributed by atoms with Crippen molar-refractivity contribution in [2.45, 2.75) is 13.5 Å². The van der Waals surface area contributed by atoms with Gasteiger partial charge >= 0.3 is 0 Å². The first-order valence-corrected chi connectivity index (χ1v) is 5.18. The van der Waals surface area contributed by atoms with Crippen molar-refractivity contribution in [2.75, 3.05) is 5.43 Å². The summed E-state index contributed by atoms with van der Waals surface area (Å²) in [6.07, 6.45) is 2.96. The molecule has 2 rings (SSSR count). The zero-order valence-corrected chi connectivity index (χ0v) is 9.67. The summed E-state index contributed by atoms with van der Waals surface area (Å²) in [7, 11) is 0. The molecule has 0 aromatic carbocycles. The number of nitrogens with two attached hydrogens (primary N) is 1. The van der Waals surface area contributed by atoms with Crippen molar-refractivity contribution in [3.8, 4) is 0 Å². The third-order valence-electron chi connectivity index (χ3n) is 2.19. The summed E-state index contributed by atoms with van der Waals surface area (Å²) in [5.74, 6) is 5.83. The highest BCUT2D eigenvalue weighted by molar-refractivity contribution is 5.99. The minimum Gasteiger partial charge on any atom is -0.343 e. The number of hydrazine groups is 1. The molecule has 0 saturated carbocycles. The normalized spacial score (nSPS) is 10.1. The van der Waals surface area contributed by atoms with Crippen LogP contribution in [0.4, 0.5) is 5.69 Å². The van der Waals surface area contributed by atoms with Gasteiger partial charge in [0, 0.05) is 12.4 Å². The van der Waals surface area contributed by atoms with E-state index in [9.17, 15) is 4.79 Å². The Balaban J connectivity index is 2.03. The van der Waals surface area contributed by atoms with E-state index in [1.165, 1.54) is 12.4 Å². The van der Waals surface area contributed by atoms with Crippen LogP contribution in [-0.4, -0.2) is 21.0 Å². The molecule has 18 heavy (non-hydrogen) atoms. The molecule has 2 aromatic rings. The lowest BCUT2D eigenvalue weighted by atomic mass is 10.2. The monoisotopic (exact) mass is 248 g/mol. The largest absolute Gasteiger partial charge is 0.343 e. The molecule has 0 aliphatic rings. The van der Waals surface area contributed by atoms with Gasteiger partial charge in [-0.05, 0) is 13.0 Å². The molecule has 1 amide bonds. The SMILES string of the molecule is Cc1noc(CNC(=O)c2cnccc2NN)n1. The number of anilines is 1. The van der Waals surface area contributed by atoms with Crippen LogP contribution in [0.5, 0.6) is 0 Å². The number of pyridine rings is 1. The lowest BCUT2D eigenvalue weighted by Crippen LogP contribution is -2.25. The molecular weight excluding hydrogens is 236 g/mol. The van der Waals surface area contributed by atoms with Crippen LogP contribution in [0, 0.1) is 6.92 Å². The van der Waals surface area contributed by atoms with Gasteiger partial charge in [0.15, 0.2) is 5.82 Å². The Kier molecular flexibility index (Phi) is 3.49. The summed E-state index contributed by atoms with van der Waals surface area (Å²) in [6, 6.07) is 1.60. The number of rotatable bonds is 4. The van der Waals surface area contributed by atoms with Crippen molar-refractivity contribution >= 4 is 11.6 Å². The zero-order chi connectivity index (χ0) is 13.0. The molecule has 0 fully saturated rings. The highest BCUT2D eigenvalue weighted by Crippen LogP contribution is 2.11. The molecule has 0 aliphatic heterocycles. The molecule has 8 heteroatoms. The Bertz CT molecular complexity index is 553. The number of aryl methyl sites for hydroxylation is 1. The fourth-order valence-corrected chi connectivity index (χ4v) is 1.36. The van der Waals surface area contributed by atoms with E-state index in [1.807, 2.05) is 0 Å². The summed E-state index contributed by atoms with van der Waals surface area (Å²) in [6.45, 7) is 1.85. The number of nitrogens with one attached hydrogen (secondary N) is 2. The predicted octanol–water partition coefficient (Wildman–Crippen LogP) is -0.0114. The van der Waals surface area contributed by atoms with Gasteiger partial charge in [-0.1, -0.05) is 5.16 Å². The number of nitrogens with zero attached hydrogens (tertiary/aromatic N) is 3. The first kappa shape index (κ1) is 12.0. The van der Waals surface area contributed by atoms with Crippen LogP contribution in [0.2, 0.25) is 0 Å². The van der Waals surface area contributed by atoms with Crippen molar-refractivity contribution in [1.82, 2.24) is 20.4 Å². The lowest BCUT2D eigenvalue weighted by Gasteiger charge is -2.07. The Hall–Kier alpha value is -2.48. The molecular formula is C10H12N6O2. The van der Waals surface area contributed by atoms with Crippen LogP contribution in [0.1, 0.15) is 22.1 Å². The van der Waals surface area contributed by atoms with Crippen molar-refractivity contribution in [1.29, 1.82) is 0 Å². The molecule has 2 heterocycles. The number of carbonyl (C=O) groups excluding carboxylic acids is 1. The van der Waals surface area contributed by atoms with Crippen LogP contribution in [-0.2, 0) is 6.54 Å². The van der Waals surface area contributed by atoms with Gasteiger partial charge < -0.3 is 15.3 Å². The maximum absolute atomic E-state index is 11.9. The predicted molar refractivity (Wildman–Crippen MR) is 62.3 cm³/mol. The van der Waals surface area contributed by atoms with Crippen molar-refractivity contribution in [3.05, 3.63) is 35.7 Å². The highest BCUT2D eigenvalue weighted by Gasteiger charge is 2.12. The second kappa shape index (κ2) is 5.23. The minimum absolute atomic E-state index is 0.151. The molecule has 0 atom stereocenters. The van der Waals surface area contributed by atoms with E-state index in [-0.39, 0.29) is 12.5 Å². The molecule has 0 saturated heterocycles. The molecule has 2 aromatic heterocycles. The number of hydrogen-bond donors (Lipinski definition) is 3. The number of aromatic nitrogens is 3. The number of nitrogen functional groups attached to an aromatic ring is 1. The van der Waals surface area contributed by atoms with E-state index in [4.69, 9.17) is 10.4 Å². The van der Waals surface area contributed by atoms with Crippen LogP contribution in [0.25, 0.3) is 0 Å². The summed E-state index contributed by atoms with van der Waals surface area (Å²) in [5.41, 5.74) is 3.26. The minimum atomic E-state index is -0.327. The van der Waals surface area contributed by atoms with Crippen LogP contribution in [0.3, 0.4) is 0 Å².